The van der Waals surface area contributed by atoms with E-state index in [1.165, 1.54) is 0 Å². The molecule has 0 atom stereocenters. The standard InChI is InChI=1S/C7H5N2O.Y/c1-5-6-4-8-3-2-7(6)10-9-5;/h3-4H,1H3;/q-1;. The molecule has 2 aromatic rings. The van der Waals surface area contributed by atoms with Crippen molar-refractivity contribution in [1.29, 1.82) is 0 Å². The summed E-state index contributed by atoms with van der Waals surface area (Å²) in [6.07, 6.45) is 3.28. The first kappa shape index (κ1) is 8.82. The van der Waals surface area contributed by atoms with Gasteiger partial charge in [-0.2, -0.15) is 6.07 Å². The van der Waals surface area contributed by atoms with Crippen molar-refractivity contribution < 1.29 is 37.2 Å². The van der Waals surface area contributed by atoms with E-state index < -0.39 is 0 Å². The Labute approximate surface area is 89.0 Å². The summed E-state index contributed by atoms with van der Waals surface area (Å²) in [7, 11) is 0. The molecule has 0 saturated carbocycles. The van der Waals surface area contributed by atoms with Crippen LogP contribution in [0.15, 0.2) is 16.9 Å². The molecule has 2 rings (SSSR count). The van der Waals surface area contributed by atoms with Gasteiger partial charge in [0.25, 0.3) is 0 Å². The molecule has 0 aromatic carbocycles. The number of rotatable bonds is 0. The minimum atomic E-state index is 0. The fourth-order valence-electron chi connectivity index (χ4n) is 0.841. The predicted molar refractivity (Wildman–Crippen MR) is 35.4 cm³/mol. The monoisotopic (exact) mass is 222 g/mol. The van der Waals surface area contributed by atoms with Crippen LogP contribution in [0.1, 0.15) is 5.69 Å². The van der Waals surface area contributed by atoms with E-state index in [-0.39, 0.29) is 32.7 Å². The summed E-state index contributed by atoms with van der Waals surface area (Å²) in [5.74, 6) is 0. The van der Waals surface area contributed by atoms with Crippen molar-refractivity contribution in [2.75, 3.05) is 0 Å². The maximum atomic E-state index is 4.90. The van der Waals surface area contributed by atoms with Crippen LogP contribution in [-0.2, 0) is 32.7 Å². The minimum absolute atomic E-state index is 0. The summed E-state index contributed by atoms with van der Waals surface area (Å²) in [6.45, 7) is 1.88. The molecular weight excluding hydrogens is 217 g/mol. The van der Waals surface area contributed by atoms with E-state index in [2.05, 4.69) is 16.2 Å². The molecule has 1 radical (unpaired) electrons. The number of aryl methyl sites for hydroxylation is 1. The van der Waals surface area contributed by atoms with Crippen LogP contribution in [0.4, 0.5) is 0 Å². The maximum Gasteiger partial charge on any atom is 0.00890 e. The van der Waals surface area contributed by atoms with E-state index in [1.807, 2.05) is 6.92 Å². The Balaban J connectivity index is 0.000000605. The fraction of sp³-hybridized carbons (Fsp3) is 0.143. The largest absolute Gasteiger partial charge is 0.397 e. The van der Waals surface area contributed by atoms with Crippen LogP contribution in [0.25, 0.3) is 11.0 Å². The van der Waals surface area contributed by atoms with E-state index in [0.717, 1.165) is 11.1 Å². The van der Waals surface area contributed by atoms with E-state index in [1.54, 1.807) is 12.4 Å². The van der Waals surface area contributed by atoms with E-state index >= 15 is 0 Å². The van der Waals surface area contributed by atoms with Crippen LogP contribution in [0.2, 0.25) is 0 Å². The first-order valence-electron chi connectivity index (χ1n) is 2.95. The smallest absolute Gasteiger partial charge is 0.00890 e. The molecule has 0 amide bonds. The molecule has 11 heavy (non-hydrogen) atoms. The van der Waals surface area contributed by atoms with Crippen LogP contribution in [0, 0.1) is 13.0 Å². The zero-order valence-electron chi connectivity index (χ0n) is 6.03. The number of fused-ring (bicyclic) bond motifs is 1. The number of hydrogen-bond donors (Lipinski definition) is 0. The molecule has 53 valence electrons. The third-order valence-corrected chi connectivity index (χ3v) is 1.38. The molecule has 0 spiro atoms. The molecule has 3 nitrogen and oxygen atoms in total. The SMILES string of the molecule is Cc1noc2[c-]cncc12.[Y]. The molecule has 0 unspecified atom stereocenters. The minimum Gasteiger partial charge on any atom is -0.397 e. The number of aromatic nitrogens is 2. The van der Waals surface area contributed by atoms with Gasteiger partial charge in [-0.3, -0.25) is 0 Å². The van der Waals surface area contributed by atoms with Crippen LogP contribution in [0.3, 0.4) is 0 Å². The van der Waals surface area contributed by atoms with Crippen molar-refractivity contribution in [2.45, 2.75) is 6.92 Å². The molecule has 4 heteroatoms. The van der Waals surface area contributed by atoms with Crippen LogP contribution >= 0.6 is 0 Å². The van der Waals surface area contributed by atoms with Gasteiger partial charge in [0, 0.05) is 44.0 Å². The second-order valence-electron chi connectivity index (χ2n) is 2.06. The van der Waals surface area contributed by atoms with E-state index in [9.17, 15) is 0 Å². The summed E-state index contributed by atoms with van der Waals surface area (Å²) >= 11 is 0. The molecule has 2 aromatic heterocycles. The Morgan fingerprint density at radius 3 is 3.09 bits per heavy atom. The van der Waals surface area contributed by atoms with Gasteiger partial charge in [-0.1, -0.05) is 11.6 Å². The van der Waals surface area contributed by atoms with Crippen molar-refractivity contribution in [1.82, 2.24) is 10.1 Å². The summed E-state index contributed by atoms with van der Waals surface area (Å²) < 4.78 is 4.90. The molecular formula is C7H5N2OY-. The van der Waals surface area contributed by atoms with Crippen molar-refractivity contribution in [3.63, 3.8) is 0 Å². The second kappa shape index (κ2) is 3.41. The first-order chi connectivity index (χ1) is 4.88. The van der Waals surface area contributed by atoms with Crippen molar-refractivity contribution in [3.8, 4) is 0 Å². The summed E-state index contributed by atoms with van der Waals surface area (Å²) in [5, 5.41) is 4.68. The Kier molecular flexibility index (Phi) is 2.74. The average Bonchev–Trinajstić information content (AvgIpc) is 2.34. The molecule has 0 aliphatic heterocycles. The third kappa shape index (κ3) is 1.49. The Bertz CT molecular complexity index is 358. The van der Waals surface area contributed by atoms with E-state index in [0.29, 0.717) is 5.58 Å². The van der Waals surface area contributed by atoms with Gasteiger partial charge in [-0.25, -0.2) is 0 Å². The quantitative estimate of drug-likeness (QED) is 0.631. The molecule has 0 N–H and O–H groups in total. The maximum absolute atomic E-state index is 4.90. The Hall–Kier alpha value is -0.276. The van der Waals surface area contributed by atoms with E-state index in [4.69, 9.17) is 4.52 Å². The zero-order valence-corrected chi connectivity index (χ0v) is 8.87. The van der Waals surface area contributed by atoms with Gasteiger partial charge < -0.3 is 9.51 Å². The van der Waals surface area contributed by atoms with Crippen LogP contribution < -0.4 is 0 Å². The number of pyridine rings is 1. The Morgan fingerprint density at radius 1 is 1.55 bits per heavy atom. The van der Waals surface area contributed by atoms with Crippen LogP contribution in [0.5, 0.6) is 0 Å². The molecule has 0 bridgehead atoms. The van der Waals surface area contributed by atoms with Gasteiger partial charge in [0.2, 0.25) is 0 Å². The number of nitrogens with zero attached hydrogens (tertiary/aromatic N) is 2. The van der Waals surface area contributed by atoms with Gasteiger partial charge in [0.05, 0.1) is 0 Å². The topological polar surface area (TPSA) is 38.9 Å². The summed E-state index contributed by atoms with van der Waals surface area (Å²) in [6, 6.07) is 2.83. The molecule has 2 heterocycles. The van der Waals surface area contributed by atoms with Gasteiger partial charge in [0.1, 0.15) is 0 Å². The molecule has 0 fully saturated rings. The van der Waals surface area contributed by atoms with Gasteiger partial charge in [-0.05, 0) is 13.1 Å². The van der Waals surface area contributed by atoms with Crippen molar-refractivity contribution in [2.24, 2.45) is 0 Å². The van der Waals surface area contributed by atoms with Gasteiger partial charge in [-0.15, -0.1) is 5.16 Å². The number of hydrogen-bond acceptors (Lipinski definition) is 3. The second-order valence-corrected chi connectivity index (χ2v) is 2.06. The van der Waals surface area contributed by atoms with Gasteiger partial charge in [0.15, 0.2) is 0 Å². The third-order valence-electron chi connectivity index (χ3n) is 1.38. The Morgan fingerprint density at radius 2 is 2.36 bits per heavy atom. The zero-order chi connectivity index (χ0) is 6.97. The fourth-order valence-corrected chi connectivity index (χ4v) is 0.841. The summed E-state index contributed by atoms with van der Waals surface area (Å²) in [4.78, 5) is 3.89. The van der Waals surface area contributed by atoms with Crippen molar-refractivity contribution in [3.05, 3.63) is 24.2 Å². The predicted octanol–water partition coefficient (Wildman–Crippen LogP) is 1.33. The first-order valence-corrected chi connectivity index (χ1v) is 2.95. The van der Waals surface area contributed by atoms with Crippen molar-refractivity contribution >= 4 is 11.0 Å². The van der Waals surface area contributed by atoms with Crippen LogP contribution in [-0.4, -0.2) is 10.1 Å². The molecule has 0 aliphatic rings. The average molecular weight is 222 g/mol. The summed E-state index contributed by atoms with van der Waals surface area (Å²) in [5.41, 5.74) is 1.53. The molecule has 0 saturated heterocycles. The normalized spacial score (nSPS) is 9.55. The van der Waals surface area contributed by atoms with Gasteiger partial charge >= 0.3 is 0 Å². The molecule has 0 aliphatic carbocycles.